The van der Waals surface area contributed by atoms with Crippen molar-refractivity contribution in [1.29, 1.82) is 0 Å². The summed E-state index contributed by atoms with van der Waals surface area (Å²) < 4.78 is 64.1. The predicted molar refractivity (Wildman–Crippen MR) is 255 cm³/mol. The molecule has 3 saturated heterocycles. The third-order valence-electron chi connectivity index (χ3n) is 13.0. The maximum absolute atomic E-state index is 15.1. The Labute approximate surface area is 418 Å². The number of hydrogen-bond donors (Lipinski definition) is 7. The van der Waals surface area contributed by atoms with Crippen LogP contribution in [0.3, 0.4) is 0 Å². The average Bonchev–Trinajstić information content (AvgIpc) is 4.05. The fourth-order valence-electron chi connectivity index (χ4n) is 9.35. The number of benzene rings is 2. The monoisotopic (exact) mass is 1040 g/mol. The minimum Gasteiger partial charge on any atom is -0.382 e. The van der Waals surface area contributed by atoms with E-state index in [-0.39, 0.29) is 106 Å². The molecule has 4 aliphatic heterocycles. The van der Waals surface area contributed by atoms with E-state index in [1.807, 2.05) is 4.90 Å². The Morgan fingerprint density at radius 3 is 2.38 bits per heavy atom. The van der Waals surface area contributed by atoms with Crippen molar-refractivity contribution >= 4 is 71.4 Å². The van der Waals surface area contributed by atoms with Crippen LogP contribution in [0, 0.1) is 0 Å². The molecule has 0 bridgehead atoms. The molecule has 1 aromatic heterocycles. The van der Waals surface area contributed by atoms with Gasteiger partial charge in [0.1, 0.15) is 23.8 Å². The number of amides is 8. The number of nitrogens with zero attached hydrogens (tertiary/aromatic N) is 3. The van der Waals surface area contributed by atoms with E-state index in [9.17, 15) is 47.8 Å². The van der Waals surface area contributed by atoms with Crippen LogP contribution in [0.2, 0.25) is 0 Å². The fourth-order valence-corrected chi connectivity index (χ4v) is 10.3. The summed E-state index contributed by atoms with van der Waals surface area (Å²) in [6, 6.07) is 5.85. The molecule has 0 radical (unpaired) electrons. The number of carbonyl (C=O) groups excluding carboxylic acids is 8. The summed E-state index contributed by atoms with van der Waals surface area (Å²) in [6.07, 6.45) is 1.90. The van der Waals surface area contributed by atoms with E-state index in [1.165, 1.54) is 30.0 Å². The molecular weight excluding hydrogens is 984 g/mol. The lowest BCUT2D eigenvalue weighted by molar-refractivity contribution is -0.143. The Kier molecular flexibility index (Phi) is 18.1. The number of H-pyrrole nitrogens is 1. The number of hydrogen-bond acceptors (Lipinski definition) is 15. The van der Waals surface area contributed by atoms with Gasteiger partial charge in [0, 0.05) is 73.8 Å². The number of anilines is 1. The first-order chi connectivity index (χ1) is 34.9. The van der Waals surface area contributed by atoms with Crippen molar-refractivity contribution in [3.05, 3.63) is 64.8 Å². The van der Waals surface area contributed by atoms with Gasteiger partial charge in [0.2, 0.25) is 29.5 Å². The van der Waals surface area contributed by atoms with Crippen LogP contribution in [-0.2, 0) is 52.9 Å². The zero-order valence-electron chi connectivity index (χ0n) is 40.2. The zero-order chi connectivity index (χ0) is 52.5. The molecule has 0 saturated carbocycles. The highest BCUT2D eigenvalue weighted by Crippen LogP contribution is 2.63. The van der Waals surface area contributed by atoms with Gasteiger partial charge in [-0.05, 0) is 69.4 Å². The number of piperidine rings is 1. The zero-order valence-corrected chi connectivity index (χ0v) is 41.1. The van der Waals surface area contributed by atoms with Gasteiger partial charge in [0.15, 0.2) is 0 Å². The van der Waals surface area contributed by atoms with Crippen LogP contribution in [0.4, 0.5) is 14.5 Å². The van der Waals surface area contributed by atoms with Crippen LogP contribution in [0.1, 0.15) is 88.6 Å². The highest BCUT2D eigenvalue weighted by atomic mass is 31.2. The number of imide groups is 2. The first kappa shape index (κ1) is 54.6. The van der Waals surface area contributed by atoms with Gasteiger partial charge in [0.05, 0.1) is 57.4 Å². The van der Waals surface area contributed by atoms with Gasteiger partial charge in [-0.3, -0.25) is 58.0 Å². The number of aromatic amines is 1. The SMILES string of the molecule is CCOP(=O)(O)C(F)(F)c1ccc2[nH]c(C(=O)N[C@H]3CN(CCOCCOCCOCCNc4cccc5c4C(=O)N(C4CCC(=O)NC4=O)C5=O)CC[C@H]4CC[C@@H](C(=O)NCCCC(N)=O)N4C3=O)cc2c1. The number of carbonyl (C=O) groups is 8. The van der Waals surface area contributed by atoms with Crippen molar-refractivity contribution in [3.8, 4) is 0 Å². The Balaban J connectivity index is 0.880. The third kappa shape index (κ3) is 12.8. The van der Waals surface area contributed by atoms with E-state index in [2.05, 4.69) is 30.8 Å². The first-order valence-electron chi connectivity index (χ1n) is 24.1. The van der Waals surface area contributed by atoms with E-state index in [4.69, 9.17) is 19.9 Å². The van der Waals surface area contributed by atoms with Gasteiger partial charge in [-0.2, -0.15) is 8.78 Å². The molecule has 396 valence electrons. The molecule has 0 spiro atoms. The highest BCUT2D eigenvalue weighted by molar-refractivity contribution is 7.53. The van der Waals surface area contributed by atoms with Gasteiger partial charge in [0.25, 0.3) is 17.7 Å². The van der Waals surface area contributed by atoms with Crippen molar-refractivity contribution in [3.63, 3.8) is 0 Å². The van der Waals surface area contributed by atoms with E-state index < -0.39 is 90.8 Å². The molecular formula is C47H60F2N9O14P. The molecule has 26 heteroatoms. The molecule has 8 N–H and O–H groups in total. The lowest BCUT2D eigenvalue weighted by Gasteiger charge is -2.38. The summed E-state index contributed by atoms with van der Waals surface area (Å²) in [6.45, 7) is 3.71. The molecule has 5 atom stereocenters. The first-order valence-corrected chi connectivity index (χ1v) is 25.7. The maximum atomic E-state index is 15.1. The van der Waals surface area contributed by atoms with Crippen molar-refractivity contribution in [2.75, 3.05) is 84.3 Å². The van der Waals surface area contributed by atoms with Crippen molar-refractivity contribution in [2.24, 2.45) is 5.73 Å². The summed E-state index contributed by atoms with van der Waals surface area (Å²) in [5.74, 6) is -4.50. The third-order valence-corrected chi connectivity index (χ3v) is 14.6. The number of primary amides is 1. The Bertz CT molecular complexity index is 2640. The van der Waals surface area contributed by atoms with Gasteiger partial charge >= 0.3 is 13.3 Å². The molecule has 73 heavy (non-hydrogen) atoms. The summed E-state index contributed by atoms with van der Waals surface area (Å²) in [4.78, 5) is 121. The van der Waals surface area contributed by atoms with Crippen LogP contribution in [0.15, 0.2) is 42.5 Å². The fraction of sp³-hybridized carbons (Fsp3) is 0.532. The number of aromatic nitrogens is 1. The van der Waals surface area contributed by atoms with Crippen molar-refractivity contribution < 1.29 is 75.3 Å². The molecule has 3 fully saturated rings. The van der Waals surface area contributed by atoms with Crippen molar-refractivity contribution in [2.45, 2.75) is 81.7 Å². The van der Waals surface area contributed by atoms with Crippen LogP contribution in [0.25, 0.3) is 10.9 Å². The van der Waals surface area contributed by atoms with Crippen LogP contribution in [0.5, 0.6) is 0 Å². The lowest BCUT2D eigenvalue weighted by atomic mass is 10.0. The number of ether oxygens (including phenoxy) is 3. The number of nitrogens with two attached hydrogens (primary N) is 1. The second-order valence-corrected chi connectivity index (χ2v) is 19.7. The Morgan fingerprint density at radius 2 is 1.66 bits per heavy atom. The van der Waals surface area contributed by atoms with Gasteiger partial charge in [-0.25, -0.2) is 0 Å². The second-order valence-electron chi connectivity index (χ2n) is 17.9. The largest absolute Gasteiger partial charge is 0.401 e. The summed E-state index contributed by atoms with van der Waals surface area (Å²) >= 11 is 0. The second kappa shape index (κ2) is 24.2. The predicted octanol–water partition coefficient (Wildman–Crippen LogP) is 1.55. The van der Waals surface area contributed by atoms with Gasteiger partial charge in [-0.1, -0.05) is 12.1 Å². The van der Waals surface area contributed by atoms with Gasteiger partial charge in [-0.15, -0.1) is 0 Å². The molecule has 4 aliphatic rings. The van der Waals surface area contributed by atoms with Crippen LogP contribution < -0.4 is 27.0 Å². The summed E-state index contributed by atoms with van der Waals surface area (Å²) in [5.41, 5.74) is 1.11. The number of halogens is 2. The smallest absolute Gasteiger partial charge is 0.382 e. The standard InChI is InChI=1S/C47H60F2N9O14P/c1-2-72-73(67,68)47(48,49)29-8-10-32-28(25-29)26-34(53-32)41(61)54-35-27-56(17-14-30-9-11-36(57(30)45(35)65)42(62)52-15-4-7-38(50)59)18-20-70-22-24-71-23-21-69-19-16-51-33-6-3-5-31-40(33)46(66)58(44(31)64)37-12-13-39(60)55-43(37)63/h3,5-6,8,10,25-26,30,35-37,51,53H,2,4,7,9,11-24,27H2,1H3,(H2,50,59)(H,52,62)(H,54,61)(H,67,68)(H,55,60,63)/t30-,35+,36+,37?/m1/s1. The highest BCUT2D eigenvalue weighted by Gasteiger charge is 2.53. The van der Waals surface area contributed by atoms with E-state index in [0.29, 0.717) is 51.0 Å². The van der Waals surface area contributed by atoms with E-state index in [1.54, 1.807) is 12.1 Å². The molecule has 2 aromatic carbocycles. The quantitative estimate of drug-likeness (QED) is 0.0360. The summed E-state index contributed by atoms with van der Waals surface area (Å²) in [5, 5.41) is 11.0. The number of nitrogens with one attached hydrogen (secondary N) is 5. The van der Waals surface area contributed by atoms with Crippen molar-refractivity contribution in [1.82, 2.24) is 35.6 Å². The Hall–Kier alpha value is -6.21. The molecule has 0 aliphatic carbocycles. The summed E-state index contributed by atoms with van der Waals surface area (Å²) in [7, 11) is -5.39. The average molecular weight is 1040 g/mol. The van der Waals surface area contributed by atoms with E-state index >= 15 is 8.78 Å². The lowest BCUT2D eigenvalue weighted by Crippen LogP contribution is -2.60. The van der Waals surface area contributed by atoms with Crippen LogP contribution in [-0.4, -0.2) is 175 Å². The molecule has 2 unspecified atom stereocenters. The molecule has 3 aromatic rings. The topological polar surface area (TPSA) is 310 Å². The molecule has 8 amide bonds. The van der Waals surface area contributed by atoms with Crippen LogP contribution >= 0.6 is 7.60 Å². The normalized spacial score (nSPS) is 21.3. The van der Waals surface area contributed by atoms with E-state index in [0.717, 1.165) is 17.0 Å². The number of alkyl halides is 2. The maximum Gasteiger partial charge on any atom is 0.401 e. The minimum atomic E-state index is -5.39. The Morgan fingerprint density at radius 1 is 0.918 bits per heavy atom. The molecule has 5 heterocycles. The number of rotatable bonds is 25. The molecule has 23 nitrogen and oxygen atoms in total. The van der Waals surface area contributed by atoms with Gasteiger partial charge < -0.3 is 55.2 Å². The minimum absolute atomic E-state index is 0.0174. The number of fused-ring (bicyclic) bond motifs is 3. The molecule has 7 rings (SSSR count).